The smallest absolute Gasteiger partial charge is 0.326 e. The number of aliphatic carboxylic acids is 1. The first-order valence-electron chi connectivity index (χ1n) is 12.9. The normalized spacial score (nSPS) is 13.9. The molecule has 0 aliphatic rings. The number of carbonyl (C=O) groups is 4. The number of aliphatic imine (C=N–C) groups is 1. The van der Waals surface area contributed by atoms with Crippen LogP contribution in [0.5, 0.6) is 0 Å². The molecule has 2 aromatic rings. The van der Waals surface area contributed by atoms with Crippen LogP contribution >= 0.6 is 0 Å². The molecule has 4 atom stereocenters. The van der Waals surface area contributed by atoms with Gasteiger partial charge in [-0.05, 0) is 24.3 Å². The molecular weight excluding hydrogens is 518 g/mol. The first-order valence-corrected chi connectivity index (χ1v) is 12.9. The van der Waals surface area contributed by atoms with Gasteiger partial charge in [-0.2, -0.15) is 0 Å². The summed E-state index contributed by atoms with van der Waals surface area (Å²) in [6.45, 7) is 3.73. The van der Waals surface area contributed by atoms with Crippen LogP contribution in [0.15, 0.2) is 47.8 Å². The Morgan fingerprint density at radius 1 is 0.975 bits per heavy atom. The fourth-order valence-electron chi connectivity index (χ4n) is 3.85. The van der Waals surface area contributed by atoms with Crippen molar-refractivity contribution >= 4 is 29.7 Å². The summed E-state index contributed by atoms with van der Waals surface area (Å²) in [7, 11) is 0. The number of carboxylic acid groups (broad SMARTS) is 1. The van der Waals surface area contributed by atoms with Gasteiger partial charge in [-0.15, -0.1) is 0 Å². The molecule has 1 heterocycles. The Balaban J connectivity index is 2.11. The van der Waals surface area contributed by atoms with Crippen LogP contribution in [0.25, 0.3) is 0 Å². The summed E-state index contributed by atoms with van der Waals surface area (Å²) >= 11 is 0. The van der Waals surface area contributed by atoms with Crippen molar-refractivity contribution in [3.8, 4) is 0 Å². The van der Waals surface area contributed by atoms with Crippen LogP contribution < -0.4 is 33.2 Å². The van der Waals surface area contributed by atoms with Crippen molar-refractivity contribution in [2.24, 2.45) is 28.1 Å². The van der Waals surface area contributed by atoms with Gasteiger partial charge in [0.15, 0.2) is 5.96 Å². The maximum absolute atomic E-state index is 13.4. The minimum Gasteiger partial charge on any atom is -0.480 e. The van der Waals surface area contributed by atoms with Crippen LogP contribution in [0, 0.1) is 5.92 Å². The molecule has 0 bridgehead atoms. The molecule has 0 radical (unpaired) electrons. The van der Waals surface area contributed by atoms with E-state index in [-0.39, 0.29) is 25.2 Å². The van der Waals surface area contributed by atoms with Gasteiger partial charge in [0.05, 0.1) is 12.4 Å². The van der Waals surface area contributed by atoms with Gasteiger partial charge in [0, 0.05) is 31.3 Å². The predicted molar refractivity (Wildman–Crippen MR) is 149 cm³/mol. The number of aromatic nitrogens is 2. The zero-order valence-corrected chi connectivity index (χ0v) is 22.7. The Morgan fingerprint density at radius 3 is 2.23 bits per heavy atom. The molecule has 0 saturated carbocycles. The van der Waals surface area contributed by atoms with E-state index in [1.54, 1.807) is 44.2 Å². The lowest BCUT2D eigenvalue weighted by molar-refractivity contribution is -0.142. The Kier molecular flexibility index (Phi) is 12.6. The third kappa shape index (κ3) is 10.7. The van der Waals surface area contributed by atoms with Crippen molar-refractivity contribution < 1.29 is 24.3 Å². The lowest BCUT2D eigenvalue weighted by Crippen LogP contribution is -2.59. The number of amides is 3. The minimum atomic E-state index is -1.20. The van der Waals surface area contributed by atoms with Crippen LogP contribution in [0.1, 0.15) is 37.9 Å². The molecule has 40 heavy (non-hydrogen) atoms. The van der Waals surface area contributed by atoms with Crippen molar-refractivity contribution in [1.29, 1.82) is 0 Å². The van der Waals surface area contributed by atoms with Crippen LogP contribution in [0.3, 0.4) is 0 Å². The molecule has 2 rings (SSSR count). The Bertz CT molecular complexity index is 1130. The van der Waals surface area contributed by atoms with Crippen molar-refractivity contribution in [1.82, 2.24) is 25.9 Å². The van der Waals surface area contributed by atoms with Gasteiger partial charge in [-0.3, -0.25) is 19.4 Å². The lowest BCUT2D eigenvalue weighted by Gasteiger charge is -2.27. The average molecular weight is 558 g/mol. The number of hydrogen-bond acceptors (Lipinski definition) is 7. The molecule has 0 saturated heterocycles. The number of carbonyl (C=O) groups excluding carboxylic acids is 3. The predicted octanol–water partition coefficient (Wildman–Crippen LogP) is -1.23. The van der Waals surface area contributed by atoms with E-state index in [9.17, 15) is 24.3 Å². The van der Waals surface area contributed by atoms with Gasteiger partial charge in [0.2, 0.25) is 17.7 Å². The average Bonchev–Trinajstić information content (AvgIpc) is 3.42. The van der Waals surface area contributed by atoms with E-state index in [2.05, 4.69) is 30.9 Å². The topological polar surface area (TPSA) is 244 Å². The van der Waals surface area contributed by atoms with E-state index in [1.807, 2.05) is 0 Å². The molecule has 0 aliphatic heterocycles. The Morgan fingerprint density at radius 2 is 1.65 bits per heavy atom. The number of guanidine groups is 1. The van der Waals surface area contributed by atoms with Crippen LogP contribution in [0.2, 0.25) is 0 Å². The SMILES string of the molecule is CC(C)C(NC(=O)C(Cc1cnc[nH]1)NC(=O)C(N)CCCN=C(N)N)C(=O)NC(Cc1ccccc1)C(=O)O. The van der Waals surface area contributed by atoms with Gasteiger partial charge in [0.1, 0.15) is 18.1 Å². The number of carboxylic acids is 1. The molecule has 14 heteroatoms. The van der Waals surface area contributed by atoms with Crippen LogP contribution in [-0.4, -0.2) is 75.4 Å². The summed E-state index contributed by atoms with van der Waals surface area (Å²) in [5, 5.41) is 17.5. The number of aromatic amines is 1. The third-order valence-electron chi connectivity index (χ3n) is 6.06. The molecule has 0 spiro atoms. The molecule has 218 valence electrons. The first kappa shape index (κ1) is 31.8. The summed E-state index contributed by atoms with van der Waals surface area (Å²) < 4.78 is 0. The number of hydrogen-bond donors (Lipinski definition) is 8. The van der Waals surface area contributed by atoms with E-state index in [0.29, 0.717) is 18.7 Å². The maximum atomic E-state index is 13.4. The van der Waals surface area contributed by atoms with Gasteiger partial charge in [0.25, 0.3) is 0 Å². The summed E-state index contributed by atoms with van der Waals surface area (Å²) in [4.78, 5) is 61.8. The second kappa shape index (κ2) is 15.8. The van der Waals surface area contributed by atoms with E-state index in [4.69, 9.17) is 17.2 Å². The molecule has 4 unspecified atom stereocenters. The number of nitrogens with one attached hydrogen (secondary N) is 4. The largest absolute Gasteiger partial charge is 0.480 e. The van der Waals surface area contributed by atoms with Crippen molar-refractivity contribution in [2.75, 3.05) is 6.54 Å². The zero-order chi connectivity index (χ0) is 29.7. The molecule has 0 fully saturated rings. The molecule has 11 N–H and O–H groups in total. The monoisotopic (exact) mass is 557 g/mol. The van der Waals surface area contributed by atoms with Gasteiger partial charge >= 0.3 is 5.97 Å². The van der Waals surface area contributed by atoms with Crippen LogP contribution in [-0.2, 0) is 32.0 Å². The number of nitrogens with two attached hydrogens (primary N) is 3. The Hall–Kier alpha value is -4.46. The highest BCUT2D eigenvalue weighted by Crippen LogP contribution is 2.09. The standard InChI is InChI=1S/C26H39N9O5/c1-15(2)21(24(38)34-20(25(39)40)11-16-7-4-3-5-8-16)35-23(37)19(12-17-13-30-14-32-17)33-22(36)18(27)9-6-10-31-26(28)29/h3-5,7-8,13-15,18-21H,6,9-12,27H2,1-2H3,(H,30,32)(H,33,36)(H,34,38)(H,35,37)(H,39,40)(H4,28,29,31). The van der Waals surface area contributed by atoms with Gasteiger partial charge < -0.3 is 43.2 Å². The number of rotatable bonds is 16. The Labute approximate surface area is 232 Å². The molecule has 14 nitrogen and oxygen atoms in total. The van der Waals surface area contributed by atoms with Crippen molar-refractivity contribution in [3.63, 3.8) is 0 Å². The number of benzene rings is 1. The summed E-state index contributed by atoms with van der Waals surface area (Å²) in [6.07, 6.45) is 3.79. The maximum Gasteiger partial charge on any atom is 0.326 e. The van der Waals surface area contributed by atoms with Gasteiger partial charge in [-0.25, -0.2) is 9.78 Å². The van der Waals surface area contributed by atoms with E-state index in [0.717, 1.165) is 5.56 Å². The minimum absolute atomic E-state index is 0.0521. The van der Waals surface area contributed by atoms with E-state index >= 15 is 0 Å². The summed E-state index contributed by atoms with van der Waals surface area (Å²) in [5.41, 5.74) is 17.9. The fourth-order valence-corrected chi connectivity index (χ4v) is 3.85. The van der Waals surface area contributed by atoms with Gasteiger partial charge in [-0.1, -0.05) is 44.2 Å². The molecule has 0 aliphatic carbocycles. The third-order valence-corrected chi connectivity index (χ3v) is 6.06. The molecule has 1 aromatic carbocycles. The van der Waals surface area contributed by atoms with E-state index < -0.39 is 53.8 Å². The highest BCUT2D eigenvalue weighted by molar-refractivity contribution is 5.94. The first-order chi connectivity index (χ1) is 19.0. The quantitative estimate of drug-likeness (QED) is 0.0698. The van der Waals surface area contributed by atoms with E-state index in [1.165, 1.54) is 12.5 Å². The second-order valence-electron chi connectivity index (χ2n) is 9.72. The summed E-state index contributed by atoms with van der Waals surface area (Å²) in [6, 6.07) is 4.59. The molecule has 3 amide bonds. The second-order valence-corrected chi connectivity index (χ2v) is 9.72. The summed E-state index contributed by atoms with van der Waals surface area (Å²) in [5.74, 6) is -3.52. The molecular formula is C26H39N9O5. The number of imidazole rings is 1. The fraction of sp³-hybridized carbons (Fsp3) is 0.462. The van der Waals surface area contributed by atoms with Crippen LogP contribution in [0.4, 0.5) is 0 Å². The van der Waals surface area contributed by atoms with Crippen molar-refractivity contribution in [3.05, 3.63) is 54.1 Å². The number of H-pyrrole nitrogens is 1. The highest BCUT2D eigenvalue weighted by atomic mass is 16.4. The lowest BCUT2D eigenvalue weighted by atomic mass is 10.0. The zero-order valence-electron chi connectivity index (χ0n) is 22.7. The highest BCUT2D eigenvalue weighted by Gasteiger charge is 2.32. The van der Waals surface area contributed by atoms with Crippen molar-refractivity contribution in [2.45, 2.75) is 63.7 Å². The molecule has 1 aromatic heterocycles. The number of nitrogens with zero attached hydrogens (tertiary/aromatic N) is 2.